The molecule has 1 aromatic carbocycles. The van der Waals surface area contributed by atoms with E-state index in [0.717, 1.165) is 38.8 Å². The Bertz CT molecular complexity index is 1170. The van der Waals surface area contributed by atoms with Gasteiger partial charge in [-0.05, 0) is 108 Å². The number of cyclic esters (lactones) is 1. The Kier molecular flexibility index (Phi) is 12.1. The summed E-state index contributed by atoms with van der Waals surface area (Å²) < 4.78 is 50.3. The highest BCUT2D eigenvalue weighted by molar-refractivity contribution is 7.90. The molecule has 2 aliphatic rings. The van der Waals surface area contributed by atoms with Crippen molar-refractivity contribution in [2.24, 2.45) is 16.2 Å². The highest BCUT2D eigenvalue weighted by atomic mass is 32.2. The zero-order chi connectivity index (χ0) is 32.1. The minimum Gasteiger partial charge on any atom is -0.483 e. The minimum absolute atomic E-state index is 0.0891. The smallest absolute Gasteiger partial charge is 0.311 e. The number of hydrogen-bond donors (Lipinski definition) is 2. The van der Waals surface area contributed by atoms with E-state index in [0.29, 0.717) is 25.2 Å². The zero-order valence-corrected chi connectivity index (χ0v) is 28.6. The number of ether oxygens (including phenoxy) is 4. The number of carbonyl (C=O) groups excluding carboxylic acids is 1. The molecule has 1 aromatic rings. The lowest BCUT2D eigenvalue weighted by atomic mass is 9.64. The van der Waals surface area contributed by atoms with Crippen molar-refractivity contribution in [2.75, 3.05) is 33.0 Å². The topological polar surface area (TPSA) is 112 Å². The zero-order valence-electron chi connectivity index (χ0n) is 27.8. The molecule has 0 aromatic heterocycles. The molecule has 0 radical (unpaired) electrons. The van der Waals surface area contributed by atoms with Crippen LogP contribution in [0.3, 0.4) is 0 Å². The van der Waals surface area contributed by atoms with Crippen LogP contribution < -0.4 is 15.4 Å². The molecular weight excluding hydrogens is 568 g/mol. The molecule has 9 nitrogen and oxygen atoms in total. The van der Waals surface area contributed by atoms with Gasteiger partial charge in [-0.2, -0.15) is 0 Å². The van der Waals surface area contributed by atoms with E-state index in [1.165, 1.54) is 6.26 Å². The molecule has 2 N–H and O–H groups in total. The number of esters is 1. The molecule has 0 saturated carbocycles. The summed E-state index contributed by atoms with van der Waals surface area (Å²) in [6, 6.07) is 6.46. The lowest BCUT2D eigenvalue weighted by Gasteiger charge is -2.50. The lowest BCUT2D eigenvalue weighted by Crippen LogP contribution is -2.59. The summed E-state index contributed by atoms with van der Waals surface area (Å²) in [6.07, 6.45) is 4.49. The van der Waals surface area contributed by atoms with E-state index < -0.39 is 33.1 Å². The molecule has 10 heteroatoms. The Labute approximate surface area is 260 Å². The van der Waals surface area contributed by atoms with Crippen LogP contribution in [0.1, 0.15) is 87.0 Å². The van der Waals surface area contributed by atoms with Crippen molar-refractivity contribution >= 4 is 15.8 Å². The first-order valence-corrected chi connectivity index (χ1v) is 17.7. The number of carbonyl (C=O) groups is 1. The molecule has 43 heavy (non-hydrogen) atoms. The predicted molar refractivity (Wildman–Crippen MR) is 169 cm³/mol. The summed E-state index contributed by atoms with van der Waals surface area (Å²) in [5.41, 5.74) is -1.43. The molecule has 3 rings (SSSR count). The molecular formula is C33H56N2O7S. The maximum atomic E-state index is 13.2. The number of benzene rings is 1. The highest BCUT2D eigenvalue weighted by Gasteiger charge is 2.50. The second kappa shape index (κ2) is 14.6. The summed E-state index contributed by atoms with van der Waals surface area (Å²) in [7, 11) is -1.51. The van der Waals surface area contributed by atoms with Gasteiger partial charge in [0.1, 0.15) is 5.75 Å². The van der Waals surface area contributed by atoms with Gasteiger partial charge < -0.3 is 29.6 Å². The molecule has 2 aliphatic heterocycles. The molecule has 1 unspecified atom stereocenters. The summed E-state index contributed by atoms with van der Waals surface area (Å²) in [5, 5.41) is 6.91. The van der Waals surface area contributed by atoms with Crippen molar-refractivity contribution in [3.63, 3.8) is 0 Å². The summed E-state index contributed by atoms with van der Waals surface area (Å²) in [4.78, 5) is 13.4. The molecule has 5 atom stereocenters. The van der Waals surface area contributed by atoms with Gasteiger partial charge in [0.2, 0.25) is 0 Å². The molecule has 2 fully saturated rings. The van der Waals surface area contributed by atoms with Gasteiger partial charge in [0.15, 0.2) is 22.2 Å². The number of sulfone groups is 1. The second-order valence-corrected chi connectivity index (χ2v) is 16.5. The van der Waals surface area contributed by atoms with Gasteiger partial charge in [0.05, 0.1) is 35.2 Å². The van der Waals surface area contributed by atoms with Crippen LogP contribution in [0.5, 0.6) is 5.75 Å². The van der Waals surface area contributed by atoms with Crippen LogP contribution in [0.25, 0.3) is 0 Å². The Morgan fingerprint density at radius 1 is 1.02 bits per heavy atom. The Morgan fingerprint density at radius 2 is 1.72 bits per heavy atom. The van der Waals surface area contributed by atoms with E-state index in [1.54, 1.807) is 24.3 Å². The van der Waals surface area contributed by atoms with Gasteiger partial charge in [-0.15, -0.1) is 0 Å². The van der Waals surface area contributed by atoms with Gasteiger partial charge in [0, 0.05) is 6.26 Å². The third-order valence-corrected chi connectivity index (χ3v) is 9.90. The van der Waals surface area contributed by atoms with E-state index in [4.69, 9.17) is 18.9 Å². The average molecular weight is 625 g/mol. The standard InChI is InChI=1S/C33H56N2O7S/c1-23-20-26(34-8)27(41-24-14-12-15-25(21-24)43(9,37)38)28(40-23)42-29-31(2,3)16-13-18-35-17-10-11-19-39-30(36)33(6,7)22-32(29,4)5/h12,14-15,21,23,26-29,34-35H,10-11,13,16-20,22H2,1-9H3/t23-,26+,27-,28+,29?/m1/s1. The van der Waals surface area contributed by atoms with Crippen molar-refractivity contribution in [1.82, 2.24) is 10.6 Å². The molecule has 0 amide bonds. The highest BCUT2D eigenvalue weighted by Crippen LogP contribution is 2.47. The second-order valence-electron chi connectivity index (χ2n) is 14.5. The third kappa shape index (κ3) is 9.88. The molecule has 0 aliphatic carbocycles. The first-order valence-electron chi connectivity index (χ1n) is 15.8. The Hall–Kier alpha value is -1.72. The van der Waals surface area contributed by atoms with E-state index >= 15 is 0 Å². The van der Waals surface area contributed by atoms with Crippen molar-refractivity contribution in [3.8, 4) is 5.75 Å². The van der Waals surface area contributed by atoms with Crippen LogP contribution in [0.15, 0.2) is 29.2 Å². The number of likely N-dealkylation sites (N-methyl/N-ethyl adjacent to an activating group) is 1. The summed E-state index contributed by atoms with van der Waals surface area (Å²) in [6.45, 7) is 17.0. The monoisotopic (exact) mass is 624 g/mol. The molecule has 0 bridgehead atoms. The average Bonchev–Trinajstić information content (AvgIpc) is 2.90. The van der Waals surface area contributed by atoms with Gasteiger partial charge >= 0.3 is 5.97 Å². The normalized spacial score (nSPS) is 30.8. The van der Waals surface area contributed by atoms with E-state index in [9.17, 15) is 13.2 Å². The quantitative estimate of drug-likeness (QED) is 0.417. The molecule has 2 saturated heterocycles. The van der Waals surface area contributed by atoms with Gasteiger partial charge in [-0.25, -0.2) is 8.42 Å². The lowest BCUT2D eigenvalue weighted by molar-refractivity contribution is -0.285. The fourth-order valence-electron chi connectivity index (χ4n) is 7.01. The molecule has 2 heterocycles. The van der Waals surface area contributed by atoms with E-state index in [2.05, 4.69) is 38.3 Å². The van der Waals surface area contributed by atoms with Gasteiger partial charge in [-0.3, -0.25) is 4.79 Å². The summed E-state index contributed by atoms with van der Waals surface area (Å²) in [5.74, 6) is 0.250. The first-order chi connectivity index (χ1) is 20.0. The molecule has 0 spiro atoms. The maximum Gasteiger partial charge on any atom is 0.311 e. The van der Waals surface area contributed by atoms with Crippen LogP contribution in [0.2, 0.25) is 0 Å². The van der Waals surface area contributed by atoms with Crippen LogP contribution in [-0.4, -0.2) is 78.0 Å². The largest absolute Gasteiger partial charge is 0.483 e. The number of rotatable bonds is 6. The number of nitrogens with one attached hydrogen (secondary N) is 2. The fourth-order valence-corrected chi connectivity index (χ4v) is 7.67. The van der Waals surface area contributed by atoms with E-state index in [-0.39, 0.29) is 34.5 Å². The van der Waals surface area contributed by atoms with Crippen molar-refractivity contribution in [1.29, 1.82) is 0 Å². The predicted octanol–water partition coefficient (Wildman–Crippen LogP) is 5.12. The van der Waals surface area contributed by atoms with Crippen LogP contribution in [-0.2, 0) is 28.8 Å². The maximum absolute atomic E-state index is 13.2. The van der Waals surface area contributed by atoms with Crippen molar-refractivity contribution < 1.29 is 32.2 Å². The van der Waals surface area contributed by atoms with E-state index in [1.807, 2.05) is 27.8 Å². The summed E-state index contributed by atoms with van der Waals surface area (Å²) >= 11 is 0. The Morgan fingerprint density at radius 3 is 2.40 bits per heavy atom. The van der Waals surface area contributed by atoms with Gasteiger partial charge in [0.25, 0.3) is 0 Å². The minimum atomic E-state index is -3.40. The molecule has 246 valence electrons. The third-order valence-electron chi connectivity index (χ3n) is 8.79. The SMILES string of the molecule is CN[C@H]1C[C@@H](C)O[C@@H](OC2C(C)(C)CCCNCCCCOC(=O)C(C)(C)CC2(C)C)[C@@H]1Oc1cccc(S(C)(=O)=O)c1. The van der Waals surface area contributed by atoms with Crippen molar-refractivity contribution in [3.05, 3.63) is 24.3 Å². The first kappa shape index (κ1) is 35.8. The van der Waals surface area contributed by atoms with Gasteiger partial charge in [-0.1, -0.05) is 33.8 Å². The van der Waals surface area contributed by atoms with Crippen LogP contribution in [0.4, 0.5) is 0 Å². The fraction of sp³-hybridized carbons (Fsp3) is 0.788. The van der Waals surface area contributed by atoms with Crippen molar-refractivity contribution in [2.45, 2.75) is 123 Å². The Balaban J connectivity index is 1.99. The van der Waals surface area contributed by atoms with Crippen LogP contribution >= 0.6 is 0 Å². The number of hydrogen-bond acceptors (Lipinski definition) is 9. The van der Waals surface area contributed by atoms with Crippen LogP contribution in [0, 0.1) is 16.2 Å².